The molecule has 168 valence electrons. The largest absolute Gasteiger partial charge is 0.416 e. The molecule has 0 aliphatic carbocycles. The molecule has 0 fully saturated rings. The highest BCUT2D eigenvalue weighted by Gasteiger charge is 2.38. The first-order valence-electron chi connectivity index (χ1n) is 10.9. The van der Waals surface area contributed by atoms with Gasteiger partial charge < -0.3 is 14.2 Å². The molecule has 0 amide bonds. The average Bonchev–Trinajstić information content (AvgIpc) is 2.55. The Balaban J connectivity index is 2.70. The Morgan fingerprint density at radius 3 is 1.86 bits per heavy atom. The van der Waals surface area contributed by atoms with Crippen LogP contribution in [0.3, 0.4) is 0 Å². The number of nitrogens with zero attached hydrogens (tertiary/aromatic N) is 1. The Labute approximate surface area is 182 Å². The number of rotatable bonds is 9. The Kier molecular flexibility index (Phi) is 8.50. The zero-order valence-corrected chi connectivity index (χ0v) is 23.1. The van der Waals surface area contributed by atoms with E-state index in [1.165, 1.54) is 0 Å². The molecular formula is C23H46N2O2Si2. The second kappa shape index (κ2) is 9.31. The van der Waals surface area contributed by atoms with Gasteiger partial charge in [-0.25, -0.2) is 0 Å². The van der Waals surface area contributed by atoms with Crippen LogP contribution in [0, 0.1) is 0 Å². The highest BCUT2D eigenvalue weighted by molar-refractivity contribution is 6.74. The fourth-order valence-corrected chi connectivity index (χ4v) is 4.34. The average molecular weight is 439 g/mol. The third-order valence-corrected chi connectivity index (χ3v) is 15.8. The zero-order chi connectivity index (χ0) is 22.7. The van der Waals surface area contributed by atoms with Crippen molar-refractivity contribution in [3.05, 3.63) is 29.6 Å². The SMILES string of the molecule is CC(C)(NCCO[Si](C)(C)C(C)(C)C)c1cccc(CO[Si](C)(C)C(C)(C)C)n1. The van der Waals surface area contributed by atoms with Crippen molar-refractivity contribution in [2.45, 2.75) is 104 Å². The first kappa shape index (κ1) is 26.5. The predicted octanol–water partition coefficient (Wildman–Crippen LogP) is 6.45. The number of nitrogens with one attached hydrogen (secondary N) is 1. The van der Waals surface area contributed by atoms with E-state index in [1.54, 1.807) is 0 Å². The molecule has 1 heterocycles. The van der Waals surface area contributed by atoms with E-state index in [-0.39, 0.29) is 15.6 Å². The summed E-state index contributed by atoms with van der Waals surface area (Å²) in [6, 6.07) is 6.24. The van der Waals surface area contributed by atoms with E-state index in [0.717, 1.165) is 24.5 Å². The molecule has 0 atom stereocenters. The van der Waals surface area contributed by atoms with Crippen LogP contribution in [0.1, 0.15) is 66.8 Å². The third kappa shape index (κ3) is 7.58. The lowest BCUT2D eigenvalue weighted by molar-refractivity contribution is 0.259. The molecule has 0 spiro atoms. The lowest BCUT2D eigenvalue weighted by atomic mass is 9.99. The van der Waals surface area contributed by atoms with E-state index >= 15 is 0 Å². The molecule has 0 saturated carbocycles. The van der Waals surface area contributed by atoms with Crippen LogP contribution in [-0.4, -0.2) is 34.8 Å². The van der Waals surface area contributed by atoms with Crippen molar-refractivity contribution in [3.8, 4) is 0 Å². The molecule has 0 saturated heterocycles. The van der Waals surface area contributed by atoms with Gasteiger partial charge in [-0.2, -0.15) is 0 Å². The summed E-state index contributed by atoms with van der Waals surface area (Å²) in [5.41, 5.74) is 1.82. The van der Waals surface area contributed by atoms with Crippen molar-refractivity contribution in [3.63, 3.8) is 0 Å². The van der Waals surface area contributed by atoms with Crippen molar-refractivity contribution in [2.75, 3.05) is 13.2 Å². The summed E-state index contributed by atoms with van der Waals surface area (Å²) < 4.78 is 12.7. The maximum Gasteiger partial charge on any atom is 0.192 e. The van der Waals surface area contributed by atoms with Crippen LogP contribution < -0.4 is 5.32 Å². The van der Waals surface area contributed by atoms with Gasteiger partial charge in [0.15, 0.2) is 16.6 Å². The van der Waals surface area contributed by atoms with E-state index < -0.39 is 16.6 Å². The van der Waals surface area contributed by atoms with Gasteiger partial charge in [0.05, 0.1) is 23.5 Å². The molecule has 1 N–H and O–H groups in total. The molecule has 0 aliphatic heterocycles. The predicted molar refractivity (Wildman–Crippen MR) is 130 cm³/mol. The van der Waals surface area contributed by atoms with Crippen LogP contribution in [0.25, 0.3) is 0 Å². The molecule has 0 bridgehead atoms. The first-order chi connectivity index (χ1) is 12.9. The summed E-state index contributed by atoms with van der Waals surface area (Å²) in [6.45, 7) is 29.3. The lowest BCUT2D eigenvalue weighted by Crippen LogP contribution is -2.44. The molecule has 0 radical (unpaired) electrons. The van der Waals surface area contributed by atoms with Gasteiger partial charge >= 0.3 is 0 Å². The van der Waals surface area contributed by atoms with E-state index in [1.807, 2.05) is 0 Å². The zero-order valence-electron chi connectivity index (χ0n) is 21.1. The number of aromatic nitrogens is 1. The molecule has 1 aromatic rings. The van der Waals surface area contributed by atoms with Crippen molar-refractivity contribution >= 4 is 16.6 Å². The van der Waals surface area contributed by atoms with Crippen LogP contribution in [0.2, 0.25) is 36.3 Å². The highest BCUT2D eigenvalue weighted by atomic mass is 28.4. The van der Waals surface area contributed by atoms with Gasteiger partial charge in [-0.15, -0.1) is 0 Å². The molecular weight excluding hydrogens is 392 g/mol. The van der Waals surface area contributed by atoms with Gasteiger partial charge in [0.2, 0.25) is 0 Å². The quantitative estimate of drug-likeness (QED) is 0.355. The highest BCUT2D eigenvalue weighted by Crippen LogP contribution is 2.37. The molecule has 0 unspecified atom stereocenters. The van der Waals surface area contributed by atoms with Gasteiger partial charge in [0.25, 0.3) is 0 Å². The Bertz CT molecular complexity index is 660. The molecule has 4 nitrogen and oxygen atoms in total. The van der Waals surface area contributed by atoms with E-state index in [9.17, 15) is 0 Å². The second-order valence-corrected chi connectivity index (χ2v) is 21.3. The minimum absolute atomic E-state index is 0.204. The summed E-state index contributed by atoms with van der Waals surface area (Å²) in [5, 5.41) is 4.07. The topological polar surface area (TPSA) is 43.4 Å². The molecule has 1 rings (SSSR count). The maximum absolute atomic E-state index is 6.36. The van der Waals surface area contributed by atoms with Crippen molar-refractivity contribution in [1.29, 1.82) is 0 Å². The normalized spacial score (nSPS) is 14.3. The van der Waals surface area contributed by atoms with E-state index in [2.05, 4.69) is 105 Å². The molecule has 29 heavy (non-hydrogen) atoms. The van der Waals surface area contributed by atoms with Crippen LogP contribution >= 0.6 is 0 Å². The Hall–Kier alpha value is -0.536. The number of hydrogen-bond acceptors (Lipinski definition) is 4. The van der Waals surface area contributed by atoms with Gasteiger partial charge in [0.1, 0.15) is 0 Å². The summed E-state index contributed by atoms with van der Waals surface area (Å²) in [6.07, 6.45) is 0. The molecule has 0 aliphatic rings. The number of pyridine rings is 1. The standard InChI is InChI=1S/C23H46N2O2Si2/c1-21(2,3)28(9,10)26-17-16-24-23(7,8)20-15-13-14-19(25-20)18-27-29(11,12)22(4,5)6/h13-15,24H,16-18H2,1-12H3. The molecule has 0 aromatic carbocycles. The van der Waals surface area contributed by atoms with Crippen molar-refractivity contribution in [1.82, 2.24) is 10.3 Å². The van der Waals surface area contributed by atoms with E-state index in [4.69, 9.17) is 13.8 Å². The number of hydrogen-bond donors (Lipinski definition) is 1. The van der Waals surface area contributed by atoms with Gasteiger partial charge in [-0.1, -0.05) is 47.6 Å². The monoisotopic (exact) mass is 438 g/mol. The smallest absolute Gasteiger partial charge is 0.192 e. The minimum atomic E-state index is -1.78. The first-order valence-corrected chi connectivity index (χ1v) is 16.7. The van der Waals surface area contributed by atoms with Gasteiger partial charge in [0, 0.05) is 13.2 Å². The van der Waals surface area contributed by atoms with Gasteiger partial charge in [-0.05, 0) is 62.2 Å². The fourth-order valence-electron chi connectivity index (χ4n) is 2.36. The van der Waals surface area contributed by atoms with Crippen LogP contribution in [0.15, 0.2) is 18.2 Å². The van der Waals surface area contributed by atoms with E-state index in [0.29, 0.717) is 6.61 Å². The van der Waals surface area contributed by atoms with Crippen molar-refractivity contribution in [2.24, 2.45) is 0 Å². The minimum Gasteiger partial charge on any atom is -0.416 e. The molecule has 6 heteroatoms. The lowest BCUT2D eigenvalue weighted by Gasteiger charge is -2.37. The van der Waals surface area contributed by atoms with Crippen molar-refractivity contribution < 1.29 is 8.85 Å². The Morgan fingerprint density at radius 2 is 1.34 bits per heavy atom. The summed E-state index contributed by atoms with van der Waals surface area (Å²) in [4.78, 5) is 4.90. The van der Waals surface area contributed by atoms with Crippen LogP contribution in [0.4, 0.5) is 0 Å². The molecule has 1 aromatic heterocycles. The summed E-state index contributed by atoms with van der Waals surface area (Å²) >= 11 is 0. The van der Waals surface area contributed by atoms with Gasteiger partial charge in [-0.3, -0.25) is 4.98 Å². The Morgan fingerprint density at radius 1 is 0.828 bits per heavy atom. The van der Waals surface area contributed by atoms with Crippen LogP contribution in [-0.2, 0) is 21.0 Å². The second-order valence-electron chi connectivity index (χ2n) is 11.7. The fraction of sp³-hybridized carbons (Fsp3) is 0.783. The summed E-state index contributed by atoms with van der Waals surface area (Å²) in [5.74, 6) is 0. The maximum atomic E-state index is 6.36. The summed E-state index contributed by atoms with van der Waals surface area (Å²) in [7, 11) is -3.48. The third-order valence-electron chi connectivity index (χ3n) is 6.77. The van der Waals surface area contributed by atoms with Crippen LogP contribution in [0.5, 0.6) is 0 Å².